The summed E-state index contributed by atoms with van der Waals surface area (Å²) in [6.07, 6.45) is 3.32. The highest BCUT2D eigenvalue weighted by Gasteiger charge is 2.25. The predicted molar refractivity (Wildman–Crippen MR) is 57.9 cm³/mol. The molecule has 0 amide bonds. The van der Waals surface area contributed by atoms with Crippen LogP contribution in [0.4, 0.5) is 4.39 Å². The van der Waals surface area contributed by atoms with Gasteiger partial charge in [-0.3, -0.25) is 0 Å². The van der Waals surface area contributed by atoms with Crippen LogP contribution in [0.3, 0.4) is 0 Å². The molecule has 3 rings (SSSR count). The van der Waals surface area contributed by atoms with Crippen LogP contribution >= 0.6 is 0 Å². The summed E-state index contributed by atoms with van der Waals surface area (Å²) in [6, 6.07) is 3.86. The second-order valence-electron chi connectivity index (χ2n) is 4.25. The Labute approximate surface area is 97.1 Å². The van der Waals surface area contributed by atoms with E-state index in [2.05, 4.69) is 10.1 Å². The third-order valence-electron chi connectivity index (χ3n) is 3.10. The van der Waals surface area contributed by atoms with Gasteiger partial charge in [0.25, 0.3) is 5.89 Å². The second-order valence-corrected chi connectivity index (χ2v) is 4.25. The van der Waals surface area contributed by atoms with E-state index in [1.807, 2.05) is 0 Å². The number of nitrogens with zero attached hydrogens (tertiary/aromatic N) is 2. The lowest BCUT2D eigenvalue weighted by atomic mass is 9.85. The molecule has 4 nitrogen and oxygen atoms in total. The van der Waals surface area contributed by atoms with Crippen LogP contribution < -0.4 is 0 Å². The van der Waals surface area contributed by atoms with Crippen LogP contribution in [0.1, 0.15) is 31.0 Å². The zero-order chi connectivity index (χ0) is 11.8. The summed E-state index contributed by atoms with van der Waals surface area (Å²) in [5, 5.41) is 13.0. The van der Waals surface area contributed by atoms with Crippen molar-refractivity contribution < 1.29 is 14.0 Å². The van der Waals surface area contributed by atoms with Gasteiger partial charge in [0.1, 0.15) is 11.6 Å². The first kappa shape index (κ1) is 10.3. The lowest BCUT2D eigenvalue weighted by Gasteiger charge is -2.20. The van der Waals surface area contributed by atoms with Crippen LogP contribution in [0.15, 0.2) is 22.7 Å². The number of rotatable bonds is 2. The molecule has 0 atom stereocenters. The van der Waals surface area contributed by atoms with Crippen molar-refractivity contribution in [1.82, 2.24) is 10.1 Å². The van der Waals surface area contributed by atoms with Crippen LogP contribution in [0.2, 0.25) is 0 Å². The Morgan fingerprint density at radius 2 is 2.18 bits per heavy atom. The van der Waals surface area contributed by atoms with E-state index in [-0.39, 0.29) is 17.2 Å². The summed E-state index contributed by atoms with van der Waals surface area (Å²) in [6.45, 7) is 0. The van der Waals surface area contributed by atoms with Gasteiger partial charge in [0.15, 0.2) is 5.82 Å². The summed E-state index contributed by atoms with van der Waals surface area (Å²) in [4.78, 5) is 4.19. The standard InChI is InChI=1S/C12H11FN2O2/c13-10-6-8(16)4-5-9(10)12-14-11(15-17-12)7-2-1-3-7/h4-7,16H,1-3H2. The summed E-state index contributed by atoms with van der Waals surface area (Å²) >= 11 is 0. The van der Waals surface area contributed by atoms with Crippen molar-refractivity contribution in [1.29, 1.82) is 0 Å². The van der Waals surface area contributed by atoms with Crippen LogP contribution in [0, 0.1) is 5.82 Å². The molecule has 1 aromatic heterocycles. The highest BCUT2D eigenvalue weighted by molar-refractivity contribution is 5.55. The average molecular weight is 234 g/mol. The highest BCUT2D eigenvalue weighted by atomic mass is 19.1. The highest BCUT2D eigenvalue weighted by Crippen LogP contribution is 2.35. The summed E-state index contributed by atoms with van der Waals surface area (Å²) < 4.78 is 18.6. The molecule has 1 saturated carbocycles. The fourth-order valence-electron chi connectivity index (χ4n) is 1.85. The number of aromatic nitrogens is 2. The van der Waals surface area contributed by atoms with Crippen molar-refractivity contribution in [2.24, 2.45) is 0 Å². The van der Waals surface area contributed by atoms with Crippen molar-refractivity contribution in [3.63, 3.8) is 0 Å². The molecule has 1 aliphatic rings. The Morgan fingerprint density at radius 3 is 2.82 bits per heavy atom. The third kappa shape index (κ3) is 1.77. The van der Waals surface area contributed by atoms with Gasteiger partial charge in [0.2, 0.25) is 0 Å². The first-order valence-corrected chi connectivity index (χ1v) is 5.56. The summed E-state index contributed by atoms with van der Waals surface area (Å²) in [5.41, 5.74) is 0.223. The van der Waals surface area contributed by atoms with Crippen molar-refractivity contribution in [2.75, 3.05) is 0 Å². The molecule has 1 heterocycles. The van der Waals surface area contributed by atoms with Crippen LogP contribution in [-0.2, 0) is 0 Å². The van der Waals surface area contributed by atoms with Gasteiger partial charge < -0.3 is 9.63 Å². The quantitative estimate of drug-likeness (QED) is 0.867. The van der Waals surface area contributed by atoms with E-state index in [9.17, 15) is 4.39 Å². The maximum atomic E-state index is 13.6. The molecule has 1 fully saturated rings. The summed E-state index contributed by atoms with van der Waals surface area (Å²) in [5.74, 6) is 0.495. The number of benzene rings is 1. The zero-order valence-corrected chi connectivity index (χ0v) is 9.06. The number of hydrogen-bond donors (Lipinski definition) is 1. The lowest BCUT2D eigenvalue weighted by Crippen LogP contribution is -2.10. The number of hydrogen-bond acceptors (Lipinski definition) is 4. The van der Waals surface area contributed by atoms with Gasteiger partial charge in [-0.05, 0) is 25.0 Å². The molecule has 2 aromatic rings. The molecule has 0 unspecified atom stereocenters. The van der Waals surface area contributed by atoms with E-state index in [4.69, 9.17) is 9.63 Å². The maximum Gasteiger partial charge on any atom is 0.260 e. The molecular formula is C12H11FN2O2. The molecule has 5 heteroatoms. The van der Waals surface area contributed by atoms with Gasteiger partial charge >= 0.3 is 0 Å². The van der Waals surface area contributed by atoms with Gasteiger partial charge in [-0.1, -0.05) is 11.6 Å². The SMILES string of the molecule is Oc1ccc(-c2nc(C3CCC3)no2)c(F)c1. The topological polar surface area (TPSA) is 59.2 Å². The van der Waals surface area contributed by atoms with Crippen LogP contribution in [0.5, 0.6) is 5.75 Å². The fraction of sp³-hybridized carbons (Fsp3) is 0.333. The van der Waals surface area contributed by atoms with E-state index in [0.29, 0.717) is 11.7 Å². The second kappa shape index (κ2) is 3.84. The van der Waals surface area contributed by atoms with E-state index >= 15 is 0 Å². The zero-order valence-electron chi connectivity index (χ0n) is 9.06. The van der Waals surface area contributed by atoms with E-state index in [0.717, 1.165) is 18.9 Å². The predicted octanol–water partition coefficient (Wildman–Crippen LogP) is 2.85. The number of phenolic OH excluding ortho intramolecular Hbond substituents is 1. The van der Waals surface area contributed by atoms with Crippen molar-refractivity contribution in [3.8, 4) is 17.2 Å². The molecule has 1 aromatic carbocycles. The van der Waals surface area contributed by atoms with Crippen molar-refractivity contribution in [2.45, 2.75) is 25.2 Å². The molecule has 0 bridgehead atoms. The molecule has 0 aliphatic heterocycles. The smallest absolute Gasteiger partial charge is 0.260 e. The molecular weight excluding hydrogens is 223 g/mol. The number of halogens is 1. The molecule has 1 N–H and O–H groups in total. The maximum absolute atomic E-state index is 13.6. The lowest BCUT2D eigenvalue weighted by molar-refractivity contribution is 0.365. The molecule has 88 valence electrons. The molecule has 17 heavy (non-hydrogen) atoms. The first-order chi connectivity index (χ1) is 8.24. The van der Waals surface area contributed by atoms with Crippen LogP contribution in [-0.4, -0.2) is 15.2 Å². The van der Waals surface area contributed by atoms with Gasteiger partial charge in [-0.25, -0.2) is 4.39 Å². The number of phenols is 1. The molecule has 1 aliphatic carbocycles. The monoisotopic (exact) mass is 234 g/mol. The fourth-order valence-corrected chi connectivity index (χ4v) is 1.85. The Morgan fingerprint density at radius 1 is 1.35 bits per heavy atom. The van der Waals surface area contributed by atoms with Gasteiger partial charge in [-0.15, -0.1) is 0 Å². The minimum Gasteiger partial charge on any atom is -0.508 e. The largest absolute Gasteiger partial charge is 0.508 e. The number of aromatic hydroxyl groups is 1. The Kier molecular flexibility index (Phi) is 2.31. The van der Waals surface area contributed by atoms with Crippen molar-refractivity contribution in [3.05, 3.63) is 29.8 Å². The van der Waals surface area contributed by atoms with E-state index in [1.54, 1.807) is 0 Å². The van der Waals surface area contributed by atoms with E-state index in [1.165, 1.54) is 18.6 Å². The summed E-state index contributed by atoms with van der Waals surface area (Å²) in [7, 11) is 0. The first-order valence-electron chi connectivity index (χ1n) is 5.56. The van der Waals surface area contributed by atoms with E-state index < -0.39 is 5.82 Å². The van der Waals surface area contributed by atoms with Crippen LogP contribution in [0.25, 0.3) is 11.5 Å². The minimum absolute atomic E-state index is 0.120. The van der Waals surface area contributed by atoms with Gasteiger partial charge in [0.05, 0.1) is 5.56 Å². The normalized spacial score (nSPS) is 15.8. The molecule has 0 radical (unpaired) electrons. The molecule has 0 saturated heterocycles. The minimum atomic E-state index is -0.561. The Balaban J connectivity index is 1.94. The van der Waals surface area contributed by atoms with Crippen molar-refractivity contribution >= 4 is 0 Å². The molecule has 0 spiro atoms. The Hall–Kier alpha value is -1.91. The van der Waals surface area contributed by atoms with Gasteiger partial charge in [-0.2, -0.15) is 4.98 Å². The average Bonchev–Trinajstić information content (AvgIpc) is 2.64. The third-order valence-corrected chi connectivity index (χ3v) is 3.10. The Bertz CT molecular complexity index is 549. The van der Waals surface area contributed by atoms with Gasteiger partial charge in [0, 0.05) is 12.0 Å².